The van der Waals surface area contributed by atoms with Gasteiger partial charge in [0.15, 0.2) is 0 Å². The van der Waals surface area contributed by atoms with Crippen molar-refractivity contribution in [1.29, 1.82) is 0 Å². The topological polar surface area (TPSA) is 81.1 Å². The van der Waals surface area contributed by atoms with Gasteiger partial charge in [0, 0.05) is 12.1 Å². The van der Waals surface area contributed by atoms with Crippen LogP contribution in [-0.2, 0) is 30.9 Å². The summed E-state index contributed by atoms with van der Waals surface area (Å²) in [6.45, 7) is 1.94. The molecule has 0 saturated heterocycles. The van der Waals surface area contributed by atoms with E-state index in [2.05, 4.69) is 20.7 Å². The molecule has 7 nitrogen and oxygen atoms in total. The Morgan fingerprint density at radius 3 is 3.18 bits per heavy atom. The molecule has 0 radical (unpaired) electrons. The Labute approximate surface area is 127 Å². The van der Waals surface area contributed by atoms with Crippen LogP contribution in [0.1, 0.15) is 23.4 Å². The van der Waals surface area contributed by atoms with E-state index < -0.39 is 0 Å². The molecule has 2 N–H and O–H groups in total. The molecule has 114 valence electrons. The van der Waals surface area contributed by atoms with E-state index in [1.165, 1.54) is 5.56 Å². The monoisotopic (exact) mass is 299 g/mol. The zero-order valence-corrected chi connectivity index (χ0v) is 12.1. The Hall–Kier alpha value is -2.41. The van der Waals surface area contributed by atoms with Crippen LogP contribution in [0.4, 0.5) is 10.5 Å². The average molecular weight is 299 g/mol. The molecule has 7 heteroatoms. The Balaban J connectivity index is 1.37. The lowest BCUT2D eigenvalue weighted by Crippen LogP contribution is -2.43. The molecule has 1 atom stereocenters. The van der Waals surface area contributed by atoms with Gasteiger partial charge < -0.3 is 15.4 Å². The van der Waals surface area contributed by atoms with E-state index in [1.54, 1.807) is 6.33 Å². The predicted molar refractivity (Wildman–Crippen MR) is 79.2 cm³/mol. The SMILES string of the molecule is O=C(Nc1ccc2c(c1)COC2)N[C@@H]1CCc2ncnn2C1. The van der Waals surface area contributed by atoms with Crippen LogP contribution in [-0.4, -0.2) is 26.8 Å². The van der Waals surface area contributed by atoms with E-state index in [0.29, 0.717) is 19.8 Å². The van der Waals surface area contributed by atoms with Crippen molar-refractivity contribution in [2.24, 2.45) is 0 Å². The number of ether oxygens (including phenoxy) is 1. The molecule has 0 fully saturated rings. The molecule has 0 bridgehead atoms. The van der Waals surface area contributed by atoms with Crippen LogP contribution >= 0.6 is 0 Å². The summed E-state index contributed by atoms with van der Waals surface area (Å²) in [4.78, 5) is 16.3. The van der Waals surface area contributed by atoms with Crippen LogP contribution in [0.25, 0.3) is 0 Å². The molecule has 0 unspecified atom stereocenters. The molecule has 2 aliphatic rings. The smallest absolute Gasteiger partial charge is 0.319 e. The van der Waals surface area contributed by atoms with E-state index in [-0.39, 0.29) is 12.1 Å². The average Bonchev–Trinajstić information content (AvgIpc) is 3.14. The zero-order chi connectivity index (χ0) is 14.9. The lowest BCUT2D eigenvalue weighted by Gasteiger charge is -2.23. The van der Waals surface area contributed by atoms with E-state index in [0.717, 1.165) is 29.9 Å². The van der Waals surface area contributed by atoms with Crippen molar-refractivity contribution >= 4 is 11.7 Å². The molecule has 0 saturated carbocycles. The van der Waals surface area contributed by atoms with Crippen molar-refractivity contribution in [1.82, 2.24) is 20.1 Å². The third-order valence-corrected chi connectivity index (χ3v) is 4.12. The minimum absolute atomic E-state index is 0.0759. The summed E-state index contributed by atoms with van der Waals surface area (Å²) in [6.07, 6.45) is 3.27. The summed E-state index contributed by atoms with van der Waals surface area (Å²) in [5.41, 5.74) is 3.12. The van der Waals surface area contributed by atoms with Crippen molar-refractivity contribution in [3.63, 3.8) is 0 Å². The number of nitrogens with one attached hydrogen (secondary N) is 2. The molecular formula is C15H17N5O2. The third kappa shape index (κ3) is 2.55. The van der Waals surface area contributed by atoms with Crippen LogP contribution < -0.4 is 10.6 Å². The second-order valence-electron chi connectivity index (χ2n) is 5.67. The molecular weight excluding hydrogens is 282 g/mol. The minimum atomic E-state index is -0.188. The van der Waals surface area contributed by atoms with Gasteiger partial charge in [-0.15, -0.1) is 0 Å². The normalized spacial score (nSPS) is 19.4. The second kappa shape index (κ2) is 5.42. The summed E-state index contributed by atoms with van der Waals surface area (Å²) < 4.78 is 7.23. The number of nitrogens with zero attached hydrogens (tertiary/aromatic N) is 3. The Morgan fingerprint density at radius 2 is 2.23 bits per heavy atom. The lowest BCUT2D eigenvalue weighted by atomic mass is 10.1. The first-order chi connectivity index (χ1) is 10.8. The number of urea groups is 1. The summed E-state index contributed by atoms with van der Waals surface area (Å²) >= 11 is 0. The fourth-order valence-electron chi connectivity index (χ4n) is 2.96. The highest BCUT2D eigenvalue weighted by atomic mass is 16.5. The van der Waals surface area contributed by atoms with Gasteiger partial charge in [-0.05, 0) is 29.7 Å². The molecule has 0 aliphatic carbocycles. The van der Waals surface area contributed by atoms with Gasteiger partial charge in [0.05, 0.1) is 25.8 Å². The van der Waals surface area contributed by atoms with Gasteiger partial charge in [0.25, 0.3) is 0 Å². The zero-order valence-electron chi connectivity index (χ0n) is 12.1. The first kappa shape index (κ1) is 13.3. The molecule has 22 heavy (non-hydrogen) atoms. The number of hydrogen-bond acceptors (Lipinski definition) is 4. The van der Waals surface area contributed by atoms with Gasteiger partial charge in [-0.3, -0.25) is 0 Å². The highest BCUT2D eigenvalue weighted by molar-refractivity contribution is 5.89. The van der Waals surface area contributed by atoms with Gasteiger partial charge in [-0.25, -0.2) is 14.5 Å². The van der Waals surface area contributed by atoms with Crippen molar-refractivity contribution in [3.05, 3.63) is 41.5 Å². The number of amides is 2. The van der Waals surface area contributed by atoms with Gasteiger partial charge in [-0.2, -0.15) is 5.10 Å². The third-order valence-electron chi connectivity index (χ3n) is 4.12. The highest BCUT2D eigenvalue weighted by Crippen LogP contribution is 2.23. The van der Waals surface area contributed by atoms with Gasteiger partial charge >= 0.3 is 6.03 Å². The van der Waals surface area contributed by atoms with E-state index >= 15 is 0 Å². The Morgan fingerprint density at radius 1 is 1.32 bits per heavy atom. The van der Waals surface area contributed by atoms with E-state index in [4.69, 9.17) is 4.74 Å². The first-order valence-electron chi connectivity index (χ1n) is 7.42. The number of aromatic nitrogens is 3. The molecule has 3 heterocycles. The molecule has 2 amide bonds. The first-order valence-corrected chi connectivity index (χ1v) is 7.42. The predicted octanol–water partition coefficient (Wildman–Crippen LogP) is 1.44. The van der Waals surface area contributed by atoms with Crippen LogP contribution in [0.2, 0.25) is 0 Å². The van der Waals surface area contributed by atoms with Crippen molar-refractivity contribution in [2.75, 3.05) is 5.32 Å². The number of carbonyl (C=O) groups excluding carboxylic acids is 1. The number of fused-ring (bicyclic) bond motifs is 2. The molecule has 1 aromatic carbocycles. The number of anilines is 1. The number of rotatable bonds is 2. The minimum Gasteiger partial charge on any atom is -0.372 e. The quantitative estimate of drug-likeness (QED) is 0.879. The molecule has 0 spiro atoms. The van der Waals surface area contributed by atoms with E-state index in [1.807, 2.05) is 22.9 Å². The van der Waals surface area contributed by atoms with Crippen LogP contribution in [0.15, 0.2) is 24.5 Å². The highest BCUT2D eigenvalue weighted by Gasteiger charge is 2.21. The van der Waals surface area contributed by atoms with Crippen LogP contribution in [0.5, 0.6) is 0 Å². The summed E-state index contributed by atoms with van der Waals surface area (Å²) in [5.74, 6) is 0.983. The summed E-state index contributed by atoms with van der Waals surface area (Å²) in [7, 11) is 0. The maximum absolute atomic E-state index is 12.1. The number of aryl methyl sites for hydroxylation is 1. The largest absolute Gasteiger partial charge is 0.372 e. The molecule has 2 aliphatic heterocycles. The summed E-state index contributed by atoms with van der Waals surface area (Å²) in [6, 6.07) is 5.77. The maximum Gasteiger partial charge on any atom is 0.319 e. The van der Waals surface area contributed by atoms with Gasteiger partial charge in [-0.1, -0.05) is 6.07 Å². The fourth-order valence-corrected chi connectivity index (χ4v) is 2.96. The van der Waals surface area contributed by atoms with Crippen molar-refractivity contribution in [3.8, 4) is 0 Å². The molecule has 2 aromatic rings. The number of hydrogen-bond donors (Lipinski definition) is 2. The molecule has 4 rings (SSSR count). The van der Waals surface area contributed by atoms with Crippen LogP contribution in [0, 0.1) is 0 Å². The van der Waals surface area contributed by atoms with Crippen LogP contribution in [0.3, 0.4) is 0 Å². The second-order valence-corrected chi connectivity index (χ2v) is 5.67. The number of carbonyl (C=O) groups is 1. The summed E-state index contributed by atoms with van der Waals surface area (Å²) in [5, 5.41) is 10.0. The Kier molecular flexibility index (Phi) is 3.27. The molecule has 1 aromatic heterocycles. The fraction of sp³-hybridized carbons (Fsp3) is 0.400. The van der Waals surface area contributed by atoms with Crippen molar-refractivity contribution < 1.29 is 9.53 Å². The van der Waals surface area contributed by atoms with Gasteiger partial charge in [0.1, 0.15) is 12.2 Å². The Bertz CT molecular complexity index is 712. The van der Waals surface area contributed by atoms with Crippen molar-refractivity contribution in [2.45, 2.75) is 38.6 Å². The van der Waals surface area contributed by atoms with E-state index in [9.17, 15) is 4.79 Å². The lowest BCUT2D eigenvalue weighted by molar-refractivity contribution is 0.134. The number of benzene rings is 1. The van der Waals surface area contributed by atoms with Gasteiger partial charge in [0.2, 0.25) is 0 Å². The standard InChI is InChI=1S/C15H17N5O2/c21-15(18-12-2-1-10-7-22-8-11(10)5-12)19-13-3-4-14-16-9-17-20(14)6-13/h1-2,5,9,13H,3-4,6-8H2,(H2,18,19,21)/t13-/m1/s1. The maximum atomic E-state index is 12.1.